The molecule has 0 amide bonds. The fourth-order valence-corrected chi connectivity index (χ4v) is 5.64. The monoisotopic (exact) mass is 397 g/mol. The van der Waals surface area contributed by atoms with Crippen molar-refractivity contribution in [2.24, 2.45) is 23.7 Å². The number of rotatable bonds is 9. The molecule has 0 saturated heterocycles. The first-order chi connectivity index (χ1) is 14.0. The van der Waals surface area contributed by atoms with Crippen LogP contribution in [0.2, 0.25) is 0 Å². The normalized spacial score (nSPS) is 24.4. The summed E-state index contributed by atoms with van der Waals surface area (Å²) in [5.41, 5.74) is 0.799. The summed E-state index contributed by atoms with van der Waals surface area (Å²) in [6.07, 6.45) is 12.3. The van der Waals surface area contributed by atoms with Crippen molar-refractivity contribution in [3.8, 4) is 0 Å². The van der Waals surface area contributed by atoms with E-state index in [-0.39, 0.29) is 17.6 Å². The van der Waals surface area contributed by atoms with Crippen molar-refractivity contribution in [3.05, 3.63) is 35.9 Å². The van der Waals surface area contributed by atoms with Gasteiger partial charge in [0.2, 0.25) is 0 Å². The average molecular weight is 398 g/mol. The standard InChI is InChI=1S/C26H39NO2/c1-27(2)19-21(16-20-10-5-3-6-11-20)17-25(28)23-14-9-15-24(18-23)26(29)22-12-7-4-8-13-22/h4,7-8,12-13,20-21,23-24H,3,5-6,9-11,14-19H2,1-2H3/t21-,23?,24?/m1/s1. The zero-order valence-corrected chi connectivity index (χ0v) is 18.4. The van der Waals surface area contributed by atoms with E-state index in [0.29, 0.717) is 18.1 Å². The molecule has 2 fully saturated rings. The average Bonchev–Trinajstić information content (AvgIpc) is 2.74. The van der Waals surface area contributed by atoms with Crippen LogP contribution in [0.25, 0.3) is 0 Å². The molecule has 3 nitrogen and oxygen atoms in total. The van der Waals surface area contributed by atoms with Gasteiger partial charge in [-0.1, -0.05) is 68.9 Å². The lowest BCUT2D eigenvalue weighted by atomic mass is 9.74. The molecule has 160 valence electrons. The molecule has 0 radical (unpaired) electrons. The second-order valence-electron chi connectivity index (χ2n) is 9.83. The summed E-state index contributed by atoms with van der Waals surface area (Å²) in [6, 6.07) is 9.61. The highest BCUT2D eigenvalue weighted by atomic mass is 16.1. The predicted molar refractivity (Wildman–Crippen MR) is 119 cm³/mol. The molecule has 29 heavy (non-hydrogen) atoms. The highest BCUT2D eigenvalue weighted by molar-refractivity contribution is 5.98. The lowest BCUT2D eigenvalue weighted by molar-refractivity contribution is -0.125. The minimum Gasteiger partial charge on any atom is -0.309 e. The van der Waals surface area contributed by atoms with Crippen molar-refractivity contribution in [3.63, 3.8) is 0 Å². The van der Waals surface area contributed by atoms with Crippen LogP contribution >= 0.6 is 0 Å². The summed E-state index contributed by atoms with van der Waals surface area (Å²) in [7, 11) is 4.24. The smallest absolute Gasteiger partial charge is 0.165 e. The van der Waals surface area contributed by atoms with E-state index in [1.54, 1.807) is 0 Å². The van der Waals surface area contributed by atoms with Crippen LogP contribution < -0.4 is 0 Å². The quantitative estimate of drug-likeness (QED) is 0.495. The van der Waals surface area contributed by atoms with Gasteiger partial charge in [0.05, 0.1) is 0 Å². The third-order valence-corrected chi connectivity index (χ3v) is 7.06. The second-order valence-corrected chi connectivity index (χ2v) is 9.83. The second kappa shape index (κ2) is 11.1. The Morgan fingerprint density at radius 2 is 1.62 bits per heavy atom. The summed E-state index contributed by atoms with van der Waals surface area (Å²) in [6.45, 7) is 1.00. The topological polar surface area (TPSA) is 37.4 Å². The Balaban J connectivity index is 1.57. The first-order valence-electron chi connectivity index (χ1n) is 11.8. The van der Waals surface area contributed by atoms with Crippen LogP contribution in [0.1, 0.15) is 81.0 Å². The van der Waals surface area contributed by atoms with E-state index in [4.69, 9.17) is 0 Å². The zero-order valence-electron chi connectivity index (χ0n) is 18.4. The lowest BCUT2D eigenvalue weighted by Crippen LogP contribution is -2.31. The lowest BCUT2D eigenvalue weighted by Gasteiger charge is -2.31. The minimum absolute atomic E-state index is 0.0192. The van der Waals surface area contributed by atoms with Crippen LogP contribution in [0.5, 0.6) is 0 Å². The molecule has 0 spiro atoms. The molecule has 0 heterocycles. The molecule has 2 aliphatic rings. The highest BCUT2D eigenvalue weighted by Crippen LogP contribution is 2.35. The number of nitrogens with zero attached hydrogens (tertiary/aromatic N) is 1. The van der Waals surface area contributed by atoms with Crippen LogP contribution in [-0.2, 0) is 4.79 Å². The fraction of sp³-hybridized carbons (Fsp3) is 0.692. The van der Waals surface area contributed by atoms with Crippen molar-refractivity contribution in [2.75, 3.05) is 20.6 Å². The number of ketones is 2. The van der Waals surface area contributed by atoms with Crippen LogP contribution in [-0.4, -0.2) is 37.1 Å². The SMILES string of the molecule is CN(C)C[C@@H](CC(=O)C1CCCC(C(=O)c2ccccc2)C1)CC1CCCCC1. The van der Waals surface area contributed by atoms with Gasteiger partial charge in [-0.2, -0.15) is 0 Å². The van der Waals surface area contributed by atoms with Gasteiger partial charge in [0, 0.05) is 30.4 Å². The number of carbonyl (C=O) groups is 2. The summed E-state index contributed by atoms with van der Waals surface area (Å²) in [5.74, 6) is 2.02. The number of benzene rings is 1. The van der Waals surface area contributed by atoms with E-state index in [1.807, 2.05) is 30.3 Å². The van der Waals surface area contributed by atoms with E-state index in [2.05, 4.69) is 19.0 Å². The van der Waals surface area contributed by atoms with E-state index in [1.165, 1.54) is 38.5 Å². The molecule has 0 N–H and O–H groups in total. The summed E-state index contributed by atoms with van der Waals surface area (Å²) in [4.78, 5) is 28.3. The van der Waals surface area contributed by atoms with Crippen LogP contribution in [0.15, 0.2) is 30.3 Å². The molecule has 0 aliphatic heterocycles. The van der Waals surface area contributed by atoms with Gasteiger partial charge in [-0.15, -0.1) is 0 Å². The van der Waals surface area contributed by atoms with Crippen LogP contribution in [0.4, 0.5) is 0 Å². The Kier molecular flexibility index (Phi) is 8.47. The first kappa shape index (κ1) is 22.2. The third-order valence-electron chi connectivity index (χ3n) is 7.06. The Morgan fingerprint density at radius 1 is 0.931 bits per heavy atom. The van der Waals surface area contributed by atoms with Crippen molar-refractivity contribution in [1.29, 1.82) is 0 Å². The Morgan fingerprint density at radius 3 is 2.31 bits per heavy atom. The molecule has 3 atom stereocenters. The third kappa shape index (κ3) is 6.77. The molecule has 2 saturated carbocycles. The maximum Gasteiger partial charge on any atom is 0.165 e. The molecule has 0 bridgehead atoms. The summed E-state index contributed by atoms with van der Waals surface area (Å²) >= 11 is 0. The Bertz CT molecular complexity index is 648. The Labute approximate surface area is 177 Å². The van der Waals surface area contributed by atoms with Gasteiger partial charge < -0.3 is 4.90 Å². The highest BCUT2D eigenvalue weighted by Gasteiger charge is 2.32. The Hall–Kier alpha value is -1.48. The molecular formula is C26H39NO2. The van der Waals surface area contributed by atoms with Crippen LogP contribution in [0, 0.1) is 23.7 Å². The molecular weight excluding hydrogens is 358 g/mol. The molecule has 1 aromatic rings. The largest absolute Gasteiger partial charge is 0.309 e. The minimum atomic E-state index is 0.0192. The van der Waals surface area contributed by atoms with E-state index >= 15 is 0 Å². The van der Waals surface area contributed by atoms with Crippen molar-refractivity contribution in [2.45, 2.75) is 70.6 Å². The van der Waals surface area contributed by atoms with Gasteiger partial charge in [-0.25, -0.2) is 0 Å². The van der Waals surface area contributed by atoms with Gasteiger partial charge in [0.25, 0.3) is 0 Å². The predicted octanol–water partition coefficient (Wildman–Crippen LogP) is 5.78. The van der Waals surface area contributed by atoms with E-state index in [9.17, 15) is 9.59 Å². The number of Topliss-reactive ketones (excluding diaryl/α,β-unsaturated/α-hetero) is 2. The molecule has 3 rings (SSSR count). The van der Waals surface area contributed by atoms with Crippen molar-refractivity contribution >= 4 is 11.6 Å². The van der Waals surface area contributed by atoms with Crippen molar-refractivity contribution < 1.29 is 9.59 Å². The number of carbonyl (C=O) groups excluding carboxylic acids is 2. The van der Waals surface area contributed by atoms with Crippen molar-refractivity contribution in [1.82, 2.24) is 4.90 Å². The molecule has 2 aliphatic carbocycles. The molecule has 0 aromatic heterocycles. The van der Waals surface area contributed by atoms with Crippen LogP contribution in [0.3, 0.4) is 0 Å². The maximum atomic E-state index is 13.2. The van der Waals surface area contributed by atoms with Gasteiger partial charge in [0.1, 0.15) is 5.78 Å². The van der Waals surface area contributed by atoms with Gasteiger partial charge in [0.15, 0.2) is 5.78 Å². The van der Waals surface area contributed by atoms with Gasteiger partial charge >= 0.3 is 0 Å². The van der Waals surface area contributed by atoms with Gasteiger partial charge in [-0.05, 0) is 51.6 Å². The van der Waals surface area contributed by atoms with E-state index < -0.39 is 0 Å². The summed E-state index contributed by atoms with van der Waals surface area (Å²) < 4.78 is 0. The zero-order chi connectivity index (χ0) is 20.6. The molecule has 2 unspecified atom stereocenters. The number of hydrogen-bond acceptors (Lipinski definition) is 3. The first-order valence-corrected chi connectivity index (χ1v) is 11.8. The molecule has 1 aromatic carbocycles. The number of hydrogen-bond donors (Lipinski definition) is 0. The molecule has 3 heteroatoms. The maximum absolute atomic E-state index is 13.2. The summed E-state index contributed by atoms with van der Waals surface area (Å²) in [5, 5.41) is 0. The fourth-order valence-electron chi connectivity index (χ4n) is 5.64. The van der Waals surface area contributed by atoms with E-state index in [0.717, 1.165) is 43.7 Å². The van der Waals surface area contributed by atoms with Gasteiger partial charge in [-0.3, -0.25) is 9.59 Å².